The molecule has 9 atom stereocenters. The van der Waals surface area contributed by atoms with Gasteiger partial charge in [-0.15, -0.1) is 0 Å². The molecule has 2 amide bonds. The molecule has 3 aliphatic heterocycles. The molecule has 352 valence electrons. The van der Waals surface area contributed by atoms with Gasteiger partial charge in [0.15, 0.2) is 11.8 Å². The molecular weight excluding hydrogens is 823 g/mol. The molecule has 64 heavy (non-hydrogen) atoms. The van der Waals surface area contributed by atoms with E-state index < -0.39 is 95.8 Å². The number of hydrogen-bond acceptors (Lipinski definition) is 13. The van der Waals surface area contributed by atoms with Crippen molar-refractivity contribution in [1.29, 1.82) is 0 Å². The molecule has 2 aromatic rings. The van der Waals surface area contributed by atoms with Crippen molar-refractivity contribution in [1.82, 2.24) is 15.7 Å². The van der Waals surface area contributed by atoms with E-state index >= 15 is 4.79 Å². The van der Waals surface area contributed by atoms with Crippen molar-refractivity contribution >= 4 is 29.8 Å². The van der Waals surface area contributed by atoms with Gasteiger partial charge in [0.25, 0.3) is 0 Å². The molecule has 1 aliphatic carbocycles. The van der Waals surface area contributed by atoms with E-state index in [-0.39, 0.29) is 31.6 Å². The number of carbonyl (C=O) groups is 4. The summed E-state index contributed by atoms with van der Waals surface area (Å²) < 4.78 is 25.4. The zero-order valence-corrected chi connectivity index (χ0v) is 38.3. The molecule has 4 aliphatic rings. The van der Waals surface area contributed by atoms with Crippen LogP contribution in [0.25, 0.3) is 6.08 Å². The Morgan fingerprint density at radius 1 is 0.969 bits per heavy atom. The minimum Gasteiger partial charge on any atom is -0.508 e. The van der Waals surface area contributed by atoms with Crippen molar-refractivity contribution in [3.8, 4) is 5.75 Å². The lowest BCUT2D eigenvalue weighted by atomic mass is 9.62. The molecule has 0 aromatic heterocycles. The Bertz CT molecular complexity index is 1940. The Morgan fingerprint density at radius 3 is 2.27 bits per heavy atom. The number of allylic oxidation sites excluding steroid dienone is 1. The van der Waals surface area contributed by atoms with Gasteiger partial charge in [0.2, 0.25) is 11.8 Å². The molecule has 3 heterocycles. The van der Waals surface area contributed by atoms with E-state index in [0.717, 1.165) is 55.2 Å². The van der Waals surface area contributed by atoms with E-state index in [4.69, 9.17) is 23.8 Å². The number of ether oxygens (including phenoxy) is 4. The molecule has 2 aromatic carbocycles. The van der Waals surface area contributed by atoms with E-state index in [1.165, 1.54) is 12.0 Å². The minimum atomic E-state index is -1.63. The Kier molecular flexibility index (Phi) is 16.3. The normalized spacial score (nSPS) is 26.2. The number of aliphatic hydroxyl groups is 2. The fourth-order valence-corrected chi connectivity index (χ4v) is 9.48. The number of aromatic hydroxyl groups is 1. The average Bonchev–Trinajstić information content (AvgIpc) is 3.80. The second-order valence-corrected chi connectivity index (χ2v) is 18.9. The smallest absolute Gasteiger partial charge is 0.327 e. The van der Waals surface area contributed by atoms with Gasteiger partial charge in [0.1, 0.15) is 47.2 Å². The third-order valence-corrected chi connectivity index (χ3v) is 12.7. The topological polar surface area (TPSA) is 202 Å². The van der Waals surface area contributed by atoms with Gasteiger partial charge >= 0.3 is 11.9 Å². The van der Waals surface area contributed by atoms with Crippen LogP contribution in [0.3, 0.4) is 0 Å². The molecule has 2 bridgehead atoms. The lowest BCUT2D eigenvalue weighted by Crippen LogP contribution is -2.71. The number of benzene rings is 2. The summed E-state index contributed by atoms with van der Waals surface area (Å²) in [6.07, 6.45) is 6.56. The number of hydroxylamine groups is 2. The van der Waals surface area contributed by atoms with Gasteiger partial charge in [0, 0.05) is 25.7 Å². The van der Waals surface area contributed by atoms with Gasteiger partial charge in [-0.2, -0.15) is 5.06 Å². The summed E-state index contributed by atoms with van der Waals surface area (Å²) >= 11 is 0. The Balaban J connectivity index is 1.27. The molecule has 5 N–H and O–H groups in total. The van der Waals surface area contributed by atoms with E-state index in [1.54, 1.807) is 32.9 Å². The summed E-state index contributed by atoms with van der Waals surface area (Å²) in [6, 6.07) is 11.2. The number of esters is 2. The van der Waals surface area contributed by atoms with Crippen molar-refractivity contribution in [2.75, 3.05) is 6.61 Å². The Labute approximate surface area is 377 Å². The fraction of sp³-hybridized carbons (Fsp3) is 0.633. The molecule has 0 radical (unpaired) electrons. The van der Waals surface area contributed by atoms with E-state index in [2.05, 4.69) is 24.5 Å². The standard InChI is InChI=1S/C49H69N3O12/c1-7-9-13-26-48(27-14-10-8-2)62-40-37-28-49(46(59)51-39(31(3)54)44(57)50-35(30-53)24-25-38(56)61-47(4,5)6)42(45(58)60-37)52(64-43(49)41(40)63-48)29-33-22-20-32(21-23-33)16-15-18-34-17-11-12-19-36(34)55/h11-12,15-17,19-23,31,35,37,39-43,53-55H,7-10,13-14,18,24-30H2,1-6H3,(H,50,57)(H,51,59). The van der Waals surface area contributed by atoms with Gasteiger partial charge in [-0.25, -0.2) is 0 Å². The lowest BCUT2D eigenvalue weighted by Gasteiger charge is -2.49. The van der Waals surface area contributed by atoms with Gasteiger partial charge < -0.3 is 44.9 Å². The van der Waals surface area contributed by atoms with E-state index in [9.17, 15) is 29.7 Å². The van der Waals surface area contributed by atoms with Crippen LogP contribution in [-0.2, 0) is 55.9 Å². The summed E-state index contributed by atoms with van der Waals surface area (Å²) in [6.45, 7) is 10.4. The predicted octanol–water partition coefficient (Wildman–Crippen LogP) is 5.55. The first kappa shape index (κ1) is 49.1. The highest BCUT2D eigenvalue weighted by atomic mass is 16.8. The second-order valence-electron chi connectivity index (χ2n) is 18.9. The first-order valence-electron chi connectivity index (χ1n) is 23.2. The molecule has 9 unspecified atom stereocenters. The predicted molar refractivity (Wildman–Crippen MR) is 237 cm³/mol. The summed E-state index contributed by atoms with van der Waals surface area (Å²) in [4.78, 5) is 62.6. The number of rotatable bonds is 22. The number of para-hydroxylation sites is 1. The van der Waals surface area contributed by atoms with Crippen molar-refractivity contribution in [3.63, 3.8) is 0 Å². The van der Waals surface area contributed by atoms with Crippen molar-refractivity contribution in [2.24, 2.45) is 5.41 Å². The van der Waals surface area contributed by atoms with E-state index in [1.807, 2.05) is 48.6 Å². The highest BCUT2D eigenvalue weighted by Crippen LogP contribution is 2.58. The van der Waals surface area contributed by atoms with Crippen LogP contribution >= 0.6 is 0 Å². The van der Waals surface area contributed by atoms with Gasteiger partial charge in [-0.1, -0.05) is 94.1 Å². The van der Waals surface area contributed by atoms with Crippen LogP contribution in [0.2, 0.25) is 0 Å². The zero-order chi connectivity index (χ0) is 46.2. The molecule has 6 rings (SSSR count). The maximum absolute atomic E-state index is 15.2. The van der Waals surface area contributed by atoms with Crippen LogP contribution in [0.5, 0.6) is 5.75 Å². The maximum atomic E-state index is 15.2. The highest BCUT2D eigenvalue weighted by molar-refractivity contribution is 5.96. The SMILES string of the molecule is CCCCCC1(CCCCC)OC2C3CC4(C(=O)NC(C(=O)NC(CO)CCC(=O)OC(C)(C)C)C(C)O)C(ON(Cc5ccc(C=CCc6ccccc6O)cc5)C4C(=O)O3)C2O1. The Hall–Kier alpha value is -4.38. The van der Waals surface area contributed by atoms with Crippen LogP contribution in [-0.4, -0.2) is 111 Å². The monoisotopic (exact) mass is 891 g/mol. The number of fused-ring (bicyclic) bond motifs is 4. The van der Waals surface area contributed by atoms with Crippen LogP contribution in [0.15, 0.2) is 54.6 Å². The number of hydrogen-bond donors (Lipinski definition) is 5. The van der Waals surface area contributed by atoms with Gasteiger partial charge in [0.05, 0.1) is 25.3 Å². The molecule has 4 fully saturated rings. The number of carbonyl (C=O) groups excluding carboxylic acids is 4. The summed E-state index contributed by atoms with van der Waals surface area (Å²) in [7, 11) is 0. The number of phenolic OH excluding ortho intramolecular Hbond substituents is 1. The zero-order valence-electron chi connectivity index (χ0n) is 38.3. The molecule has 1 saturated carbocycles. The molecule has 0 spiro atoms. The molecule has 15 heteroatoms. The third kappa shape index (κ3) is 11.3. The van der Waals surface area contributed by atoms with Crippen LogP contribution in [0.1, 0.15) is 129 Å². The van der Waals surface area contributed by atoms with Gasteiger partial charge in [-0.3, -0.25) is 24.0 Å². The van der Waals surface area contributed by atoms with Crippen LogP contribution in [0.4, 0.5) is 0 Å². The maximum Gasteiger partial charge on any atom is 0.327 e. The van der Waals surface area contributed by atoms with Crippen LogP contribution in [0, 0.1) is 5.41 Å². The van der Waals surface area contributed by atoms with Crippen molar-refractivity contribution in [2.45, 2.75) is 185 Å². The fourth-order valence-electron chi connectivity index (χ4n) is 9.48. The van der Waals surface area contributed by atoms with Crippen molar-refractivity contribution < 1.29 is 58.3 Å². The van der Waals surface area contributed by atoms with Crippen molar-refractivity contribution in [3.05, 3.63) is 71.3 Å². The highest BCUT2D eigenvalue weighted by Gasteiger charge is 2.76. The minimum absolute atomic E-state index is 0.0188. The second kappa shape index (κ2) is 21.3. The number of unbranched alkanes of at least 4 members (excludes halogenated alkanes) is 4. The quantitative estimate of drug-likeness (QED) is 0.0728. The molecular formula is C49H69N3O12. The van der Waals surface area contributed by atoms with Crippen LogP contribution < -0.4 is 10.6 Å². The lowest BCUT2D eigenvalue weighted by molar-refractivity contribution is -0.224. The largest absolute Gasteiger partial charge is 0.508 e. The molecule has 15 nitrogen and oxygen atoms in total. The average molecular weight is 892 g/mol. The van der Waals surface area contributed by atoms with E-state index in [0.29, 0.717) is 19.3 Å². The summed E-state index contributed by atoms with van der Waals surface area (Å²) in [5.41, 5.74) is 0.185. The number of amides is 2. The third-order valence-electron chi connectivity index (χ3n) is 12.7. The number of phenols is 1. The first-order valence-corrected chi connectivity index (χ1v) is 23.2. The van der Waals surface area contributed by atoms with Gasteiger partial charge in [-0.05, 0) is 76.1 Å². The summed E-state index contributed by atoms with van der Waals surface area (Å²) in [5, 5.41) is 38.2. The number of aliphatic hydroxyl groups excluding tert-OH is 2. The molecule has 3 saturated heterocycles. The Morgan fingerprint density at radius 2 is 1.64 bits per heavy atom. The first-order chi connectivity index (χ1) is 30.5. The summed E-state index contributed by atoms with van der Waals surface area (Å²) in [5.74, 6) is -3.38. The number of nitrogens with zero attached hydrogens (tertiary/aromatic N) is 1. The number of nitrogens with one attached hydrogen (secondary N) is 2.